The van der Waals surface area contributed by atoms with Crippen molar-refractivity contribution in [1.82, 2.24) is 16.0 Å². The Labute approximate surface area is 136 Å². The maximum absolute atomic E-state index is 11.8. The molecule has 0 aromatic heterocycles. The Morgan fingerprint density at radius 2 is 2.09 bits per heavy atom. The van der Waals surface area contributed by atoms with Gasteiger partial charge >= 0.3 is 6.03 Å². The molecule has 0 radical (unpaired) electrons. The van der Waals surface area contributed by atoms with Gasteiger partial charge in [-0.05, 0) is 36.3 Å². The van der Waals surface area contributed by atoms with Crippen molar-refractivity contribution >= 4 is 11.9 Å². The number of benzene rings is 1. The van der Waals surface area contributed by atoms with Gasteiger partial charge in [0.2, 0.25) is 5.91 Å². The number of carbonyl (C=O) groups excluding carboxylic acids is 2. The summed E-state index contributed by atoms with van der Waals surface area (Å²) in [5.74, 6) is 0.291. The SMILES string of the molecule is C=CCNC(=O)CNC(=O)NCC1CC12CCc1ccccc12. The highest BCUT2D eigenvalue weighted by Crippen LogP contribution is 2.61. The molecule has 1 saturated carbocycles. The fourth-order valence-electron chi connectivity index (χ4n) is 3.69. The van der Waals surface area contributed by atoms with Gasteiger partial charge in [0.25, 0.3) is 0 Å². The van der Waals surface area contributed by atoms with E-state index in [1.54, 1.807) is 6.08 Å². The van der Waals surface area contributed by atoms with Crippen molar-refractivity contribution < 1.29 is 9.59 Å². The quantitative estimate of drug-likeness (QED) is 0.697. The van der Waals surface area contributed by atoms with Gasteiger partial charge in [0.1, 0.15) is 0 Å². The zero-order valence-corrected chi connectivity index (χ0v) is 13.2. The van der Waals surface area contributed by atoms with E-state index in [1.807, 2.05) is 0 Å². The Hall–Kier alpha value is -2.30. The highest BCUT2D eigenvalue weighted by atomic mass is 16.2. The lowest BCUT2D eigenvalue weighted by Gasteiger charge is -2.12. The lowest BCUT2D eigenvalue weighted by molar-refractivity contribution is -0.119. The molecule has 23 heavy (non-hydrogen) atoms. The Bertz CT molecular complexity index is 628. The third-order valence-corrected chi connectivity index (χ3v) is 4.99. The van der Waals surface area contributed by atoms with Crippen LogP contribution < -0.4 is 16.0 Å². The first-order valence-corrected chi connectivity index (χ1v) is 8.13. The molecular weight excluding hydrogens is 290 g/mol. The summed E-state index contributed by atoms with van der Waals surface area (Å²) in [6, 6.07) is 8.35. The van der Waals surface area contributed by atoms with E-state index in [1.165, 1.54) is 17.5 Å². The molecular formula is C18H23N3O2. The number of hydrogen-bond donors (Lipinski definition) is 3. The number of rotatable bonds is 6. The normalized spacial score (nSPS) is 23.9. The summed E-state index contributed by atoms with van der Waals surface area (Å²) >= 11 is 0. The number of amides is 3. The van der Waals surface area contributed by atoms with E-state index in [-0.39, 0.29) is 23.9 Å². The average molecular weight is 313 g/mol. The number of carbonyl (C=O) groups is 2. The van der Waals surface area contributed by atoms with Crippen LogP contribution in [0, 0.1) is 5.92 Å². The second kappa shape index (κ2) is 6.44. The predicted molar refractivity (Wildman–Crippen MR) is 89.2 cm³/mol. The minimum atomic E-state index is -0.285. The second-order valence-corrected chi connectivity index (χ2v) is 6.37. The molecule has 0 heterocycles. The average Bonchev–Trinajstić information content (AvgIpc) is 3.16. The lowest BCUT2D eigenvalue weighted by atomic mass is 9.95. The highest BCUT2D eigenvalue weighted by molar-refractivity contribution is 5.83. The molecule has 2 aliphatic carbocycles. The van der Waals surface area contributed by atoms with Crippen LogP contribution in [0.1, 0.15) is 24.0 Å². The Morgan fingerprint density at radius 1 is 1.26 bits per heavy atom. The van der Waals surface area contributed by atoms with Crippen LogP contribution >= 0.6 is 0 Å². The Kier molecular flexibility index (Phi) is 4.37. The molecule has 1 spiro atoms. The first-order chi connectivity index (χ1) is 11.2. The van der Waals surface area contributed by atoms with Crippen LogP contribution in [-0.2, 0) is 16.6 Å². The summed E-state index contributed by atoms with van der Waals surface area (Å²) in [6.07, 6.45) is 5.07. The molecule has 0 bridgehead atoms. The smallest absolute Gasteiger partial charge is 0.315 e. The van der Waals surface area contributed by atoms with Crippen LogP contribution in [0.3, 0.4) is 0 Å². The molecule has 0 aliphatic heterocycles. The lowest BCUT2D eigenvalue weighted by Crippen LogP contribution is -2.42. The molecule has 3 rings (SSSR count). The monoisotopic (exact) mass is 313 g/mol. The van der Waals surface area contributed by atoms with E-state index in [0.29, 0.717) is 19.0 Å². The standard InChI is InChI=1S/C18H23N3O2/c1-2-9-19-16(22)12-21-17(23)20-11-14-10-18(14)8-7-13-5-3-4-6-15(13)18/h2-6,14H,1,7-12H2,(H,19,22)(H2,20,21,23). The fraction of sp³-hybridized carbons (Fsp3) is 0.444. The maximum Gasteiger partial charge on any atom is 0.315 e. The Morgan fingerprint density at radius 3 is 2.91 bits per heavy atom. The molecule has 2 aliphatic rings. The van der Waals surface area contributed by atoms with Gasteiger partial charge in [0.15, 0.2) is 0 Å². The molecule has 1 aromatic rings. The topological polar surface area (TPSA) is 70.2 Å². The second-order valence-electron chi connectivity index (χ2n) is 6.37. The third kappa shape index (κ3) is 3.23. The minimum Gasteiger partial charge on any atom is -0.351 e. The van der Waals surface area contributed by atoms with Gasteiger partial charge in [0.05, 0.1) is 6.54 Å². The molecule has 5 heteroatoms. The highest BCUT2D eigenvalue weighted by Gasteiger charge is 2.57. The van der Waals surface area contributed by atoms with Crippen molar-refractivity contribution in [3.63, 3.8) is 0 Å². The van der Waals surface area contributed by atoms with Crippen LogP contribution in [0.15, 0.2) is 36.9 Å². The summed E-state index contributed by atoms with van der Waals surface area (Å²) in [5.41, 5.74) is 3.21. The number of nitrogens with one attached hydrogen (secondary N) is 3. The van der Waals surface area contributed by atoms with Crippen LogP contribution in [0.2, 0.25) is 0 Å². The first-order valence-electron chi connectivity index (χ1n) is 8.13. The molecule has 122 valence electrons. The van der Waals surface area contributed by atoms with Gasteiger partial charge in [0, 0.05) is 18.5 Å². The molecule has 2 atom stereocenters. The van der Waals surface area contributed by atoms with E-state index in [2.05, 4.69) is 46.8 Å². The fourth-order valence-corrected chi connectivity index (χ4v) is 3.69. The number of fused-ring (bicyclic) bond motifs is 2. The summed E-state index contributed by atoms with van der Waals surface area (Å²) in [4.78, 5) is 23.2. The number of urea groups is 1. The van der Waals surface area contributed by atoms with E-state index in [9.17, 15) is 9.59 Å². The molecule has 5 nitrogen and oxygen atoms in total. The van der Waals surface area contributed by atoms with E-state index < -0.39 is 0 Å². The van der Waals surface area contributed by atoms with Crippen molar-refractivity contribution in [3.05, 3.63) is 48.0 Å². The van der Waals surface area contributed by atoms with Gasteiger partial charge in [-0.1, -0.05) is 30.3 Å². The van der Waals surface area contributed by atoms with Gasteiger partial charge in [-0.15, -0.1) is 6.58 Å². The van der Waals surface area contributed by atoms with Crippen LogP contribution in [0.25, 0.3) is 0 Å². The Balaban J connectivity index is 1.42. The van der Waals surface area contributed by atoms with Gasteiger partial charge in [-0.2, -0.15) is 0 Å². The molecule has 2 unspecified atom stereocenters. The molecule has 1 fully saturated rings. The molecule has 1 aromatic carbocycles. The zero-order valence-electron chi connectivity index (χ0n) is 13.2. The first kappa shape index (κ1) is 15.6. The maximum atomic E-state index is 11.8. The largest absolute Gasteiger partial charge is 0.351 e. The van der Waals surface area contributed by atoms with Crippen molar-refractivity contribution in [2.45, 2.75) is 24.7 Å². The van der Waals surface area contributed by atoms with Crippen LogP contribution in [-0.4, -0.2) is 31.6 Å². The van der Waals surface area contributed by atoms with Gasteiger partial charge < -0.3 is 16.0 Å². The van der Waals surface area contributed by atoms with E-state index in [0.717, 1.165) is 12.8 Å². The van der Waals surface area contributed by atoms with Crippen LogP contribution in [0.5, 0.6) is 0 Å². The van der Waals surface area contributed by atoms with Crippen LogP contribution in [0.4, 0.5) is 4.79 Å². The van der Waals surface area contributed by atoms with Gasteiger partial charge in [-0.25, -0.2) is 4.79 Å². The molecule has 3 amide bonds. The summed E-state index contributed by atoms with van der Waals surface area (Å²) in [6.45, 7) is 4.57. The number of aryl methyl sites for hydroxylation is 1. The van der Waals surface area contributed by atoms with E-state index >= 15 is 0 Å². The van der Waals surface area contributed by atoms with E-state index in [4.69, 9.17) is 0 Å². The summed E-state index contributed by atoms with van der Waals surface area (Å²) in [7, 11) is 0. The third-order valence-electron chi connectivity index (χ3n) is 4.99. The summed E-state index contributed by atoms with van der Waals surface area (Å²) < 4.78 is 0. The van der Waals surface area contributed by atoms with Crippen molar-refractivity contribution in [2.75, 3.05) is 19.6 Å². The molecule has 3 N–H and O–H groups in total. The van der Waals surface area contributed by atoms with Crippen molar-refractivity contribution in [1.29, 1.82) is 0 Å². The number of hydrogen-bond acceptors (Lipinski definition) is 2. The molecule has 0 saturated heterocycles. The summed E-state index contributed by atoms with van der Waals surface area (Å²) in [5, 5.41) is 8.08. The van der Waals surface area contributed by atoms with Gasteiger partial charge in [-0.3, -0.25) is 4.79 Å². The zero-order chi connectivity index (χ0) is 16.3. The minimum absolute atomic E-state index is 0.0156. The van der Waals surface area contributed by atoms with Crippen molar-refractivity contribution in [3.8, 4) is 0 Å². The van der Waals surface area contributed by atoms with Crippen molar-refractivity contribution in [2.24, 2.45) is 5.92 Å². The predicted octanol–water partition coefficient (Wildman–Crippen LogP) is 1.49.